The Morgan fingerprint density at radius 1 is 0.125 bits per heavy atom. The van der Waals surface area contributed by atoms with Gasteiger partial charge in [-0.05, 0) is 21.1 Å². The van der Waals surface area contributed by atoms with Crippen LogP contribution in [0.15, 0.2) is 0 Å². The van der Waals surface area contributed by atoms with E-state index in [0.717, 1.165) is 0 Å². The minimum atomic E-state index is 1.37. The predicted octanol–water partition coefficient (Wildman–Crippen LogP) is 25.1. The maximum Gasteiger partial charge on any atom is -0.0140 e. The largest absolute Gasteiger partial charge is 0.312 e. The maximum absolute atomic E-state index is 2.27. The zero-order valence-corrected chi connectivity index (χ0v) is 49.4. The average molecular weight is 913 g/mol. The highest BCUT2D eigenvalue weighted by Gasteiger charge is 1.92. The zero-order valence-electron chi connectivity index (χ0n) is 49.4. The van der Waals surface area contributed by atoms with E-state index >= 15 is 0 Å². The van der Waals surface area contributed by atoms with Crippen molar-refractivity contribution in [2.24, 2.45) is 0 Å². The highest BCUT2D eigenvalue weighted by atomic mass is 15.0. The standard InChI is InChI=1S/6C10H22.C3H9N/c6*1-3-5-7-9-10-8-6-4-2;1-4(2)3/h6*3-10H2,1-2H3;1-3H3. The monoisotopic (exact) mass is 912 g/mol. The fourth-order valence-electron chi connectivity index (χ4n) is 7.24. The van der Waals surface area contributed by atoms with Crippen LogP contribution >= 0.6 is 0 Å². The van der Waals surface area contributed by atoms with E-state index in [4.69, 9.17) is 0 Å². The minimum Gasteiger partial charge on any atom is -0.312 e. The summed E-state index contributed by atoms with van der Waals surface area (Å²) < 4.78 is 0. The lowest BCUT2D eigenvalue weighted by molar-refractivity contribution is 0.505. The molecule has 0 spiro atoms. The van der Waals surface area contributed by atoms with E-state index in [1.807, 2.05) is 26.0 Å². The summed E-state index contributed by atoms with van der Waals surface area (Å²) in [6, 6.07) is 0. The molecular formula is C63H141N. The molecule has 0 aliphatic heterocycles. The Balaban J connectivity index is -0.000000120. The van der Waals surface area contributed by atoms with Gasteiger partial charge in [0.05, 0.1) is 0 Å². The lowest BCUT2D eigenvalue weighted by atomic mass is 10.1. The molecule has 64 heavy (non-hydrogen) atoms. The van der Waals surface area contributed by atoms with Crippen molar-refractivity contribution in [1.29, 1.82) is 0 Å². The summed E-state index contributed by atoms with van der Waals surface area (Å²) in [5, 5.41) is 0. The lowest BCUT2D eigenvalue weighted by Gasteiger charge is -1.97. The molecule has 0 aromatic carbocycles. The van der Waals surface area contributed by atoms with E-state index in [2.05, 4.69) is 83.1 Å². The molecule has 0 atom stereocenters. The number of rotatable bonds is 42. The van der Waals surface area contributed by atoms with Crippen LogP contribution in [0.3, 0.4) is 0 Å². The van der Waals surface area contributed by atoms with Gasteiger partial charge in [-0.2, -0.15) is 0 Å². The highest BCUT2D eigenvalue weighted by Crippen LogP contribution is 2.11. The molecule has 0 aromatic rings. The van der Waals surface area contributed by atoms with Gasteiger partial charge >= 0.3 is 0 Å². The summed E-state index contributed by atoms with van der Waals surface area (Å²) in [6.45, 7) is 27.2. The van der Waals surface area contributed by atoms with Crippen molar-refractivity contribution in [1.82, 2.24) is 4.90 Å². The summed E-state index contributed by atoms with van der Waals surface area (Å²) in [5.74, 6) is 0. The molecule has 0 unspecified atom stereocenters. The van der Waals surface area contributed by atoms with E-state index in [9.17, 15) is 0 Å². The second kappa shape index (κ2) is 93.1. The molecule has 1 heteroatoms. The van der Waals surface area contributed by atoms with Crippen molar-refractivity contribution in [3.63, 3.8) is 0 Å². The first-order valence-electron chi connectivity index (χ1n) is 30.8. The number of hydrogen-bond acceptors (Lipinski definition) is 1. The summed E-state index contributed by atoms with van der Waals surface area (Å²) in [4.78, 5) is 2.00. The Labute approximate surface area is 415 Å². The van der Waals surface area contributed by atoms with Crippen molar-refractivity contribution in [3.8, 4) is 0 Å². The van der Waals surface area contributed by atoms with Crippen LogP contribution in [-0.2, 0) is 0 Å². The minimum absolute atomic E-state index is 1.37. The topological polar surface area (TPSA) is 3.24 Å². The Morgan fingerprint density at radius 2 is 0.172 bits per heavy atom. The Morgan fingerprint density at radius 3 is 0.219 bits per heavy atom. The summed E-state index contributed by atoms with van der Waals surface area (Å²) in [7, 11) is 6.00. The quantitative estimate of drug-likeness (QED) is 0.0552. The zero-order chi connectivity index (χ0) is 49.5. The van der Waals surface area contributed by atoms with Gasteiger partial charge < -0.3 is 4.90 Å². The number of unbranched alkanes of at least 4 members (excludes halogenated alkanes) is 42. The van der Waals surface area contributed by atoms with Crippen molar-refractivity contribution in [3.05, 3.63) is 0 Å². The van der Waals surface area contributed by atoms with Crippen LogP contribution in [0.25, 0.3) is 0 Å². The third-order valence-electron chi connectivity index (χ3n) is 11.7. The predicted molar refractivity (Wildman–Crippen MR) is 309 cm³/mol. The summed E-state index contributed by atoms with van der Waals surface area (Å²) in [5.41, 5.74) is 0. The molecule has 398 valence electrons. The van der Waals surface area contributed by atoms with Crippen LogP contribution in [-0.4, -0.2) is 26.0 Å². The Kier molecular flexibility index (Phi) is 114. The van der Waals surface area contributed by atoms with Gasteiger partial charge in [-0.3, -0.25) is 0 Å². The van der Waals surface area contributed by atoms with Gasteiger partial charge in [-0.25, -0.2) is 0 Å². The molecule has 0 fully saturated rings. The molecule has 0 rings (SSSR count). The van der Waals surface area contributed by atoms with Crippen LogP contribution in [0.2, 0.25) is 0 Å². The average Bonchev–Trinajstić information content (AvgIpc) is 3.29. The van der Waals surface area contributed by atoms with E-state index in [-0.39, 0.29) is 0 Å². The highest BCUT2D eigenvalue weighted by molar-refractivity contribution is 4.47. The third-order valence-corrected chi connectivity index (χ3v) is 11.7. The fraction of sp³-hybridized carbons (Fsp3) is 1.00. The first-order valence-corrected chi connectivity index (χ1v) is 30.8. The van der Waals surface area contributed by atoms with Crippen LogP contribution < -0.4 is 0 Å². The van der Waals surface area contributed by atoms with Crippen molar-refractivity contribution in [2.75, 3.05) is 21.1 Å². The van der Waals surface area contributed by atoms with Gasteiger partial charge in [0.1, 0.15) is 0 Å². The van der Waals surface area contributed by atoms with E-state index in [1.54, 1.807) is 0 Å². The number of nitrogens with zero attached hydrogens (tertiary/aromatic N) is 1. The second-order valence-electron chi connectivity index (χ2n) is 20.1. The van der Waals surface area contributed by atoms with Gasteiger partial charge in [-0.1, -0.05) is 391 Å². The third kappa shape index (κ3) is 131. The smallest absolute Gasteiger partial charge is 0.0140 e. The molecule has 0 radical (unpaired) electrons. The molecule has 1 nitrogen and oxygen atoms in total. The first kappa shape index (κ1) is 78.1. The van der Waals surface area contributed by atoms with Crippen LogP contribution in [0.5, 0.6) is 0 Å². The van der Waals surface area contributed by atoms with Crippen molar-refractivity contribution in [2.45, 2.75) is 391 Å². The van der Waals surface area contributed by atoms with Crippen LogP contribution in [0, 0.1) is 0 Å². The van der Waals surface area contributed by atoms with Gasteiger partial charge in [0.2, 0.25) is 0 Å². The van der Waals surface area contributed by atoms with E-state index in [0.29, 0.717) is 0 Å². The lowest BCUT2D eigenvalue weighted by Crippen LogP contribution is -1.99. The van der Waals surface area contributed by atoms with Crippen molar-refractivity contribution >= 4 is 0 Å². The number of hydrogen-bond donors (Lipinski definition) is 0. The van der Waals surface area contributed by atoms with Crippen LogP contribution in [0.1, 0.15) is 391 Å². The molecule has 0 aliphatic rings. The van der Waals surface area contributed by atoms with Gasteiger partial charge in [-0.15, -0.1) is 0 Å². The fourth-order valence-corrected chi connectivity index (χ4v) is 7.24. The second-order valence-corrected chi connectivity index (χ2v) is 20.1. The molecule has 0 aliphatic carbocycles. The molecule has 0 bridgehead atoms. The molecule has 0 heterocycles. The molecule has 0 N–H and O–H groups in total. The van der Waals surface area contributed by atoms with Crippen LogP contribution in [0.4, 0.5) is 0 Å². The molecule has 0 amide bonds. The summed E-state index contributed by atoms with van der Waals surface area (Å²) >= 11 is 0. The van der Waals surface area contributed by atoms with Gasteiger partial charge in [0, 0.05) is 0 Å². The normalized spacial score (nSPS) is 10.1. The Bertz CT molecular complexity index is 409. The molecule has 0 aromatic heterocycles. The van der Waals surface area contributed by atoms with E-state index < -0.39 is 0 Å². The molecular weight excluding hydrogens is 771 g/mol. The van der Waals surface area contributed by atoms with E-state index in [1.165, 1.54) is 308 Å². The van der Waals surface area contributed by atoms with Crippen molar-refractivity contribution < 1.29 is 0 Å². The summed E-state index contributed by atoms with van der Waals surface area (Å²) in [6.07, 6.45) is 68.8. The van der Waals surface area contributed by atoms with Gasteiger partial charge in [0.15, 0.2) is 0 Å². The van der Waals surface area contributed by atoms with Gasteiger partial charge in [0.25, 0.3) is 0 Å². The Hall–Kier alpha value is -0.0400. The SMILES string of the molecule is CCCCCCCCCC.CCCCCCCCCC.CCCCCCCCCC.CCCCCCCCCC.CCCCCCCCCC.CCCCCCCCCC.CN(C)C. The molecule has 0 saturated heterocycles. The maximum atomic E-state index is 2.27. The first-order chi connectivity index (χ1) is 31.2. The molecule has 0 saturated carbocycles.